The lowest BCUT2D eigenvalue weighted by Gasteiger charge is -2.17. The van der Waals surface area contributed by atoms with Crippen LogP contribution in [-0.2, 0) is 6.18 Å². The molecular formula is C12H14F3N. The zero-order valence-electron chi connectivity index (χ0n) is 9.01. The molecule has 1 aliphatic rings. The molecule has 0 bridgehead atoms. The van der Waals surface area contributed by atoms with E-state index in [-0.39, 0.29) is 6.04 Å². The minimum absolute atomic E-state index is 0.159. The standard InChI is InChI=1S/C12H14F3N/c1-8-6-11(16-7-8)9-4-2-3-5-10(9)12(13,14)15/h2-5,8,11,16H,6-7H2,1H3/t8-,11-/m0/s1. The Hall–Kier alpha value is -1.03. The van der Waals surface area contributed by atoms with Gasteiger partial charge in [-0.2, -0.15) is 13.2 Å². The predicted molar refractivity (Wildman–Crippen MR) is 56.0 cm³/mol. The van der Waals surface area contributed by atoms with Gasteiger partial charge in [-0.3, -0.25) is 0 Å². The molecule has 1 saturated heterocycles. The highest BCUT2D eigenvalue weighted by atomic mass is 19.4. The van der Waals surface area contributed by atoms with Gasteiger partial charge in [-0.1, -0.05) is 25.1 Å². The van der Waals surface area contributed by atoms with Crippen molar-refractivity contribution in [1.29, 1.82) is 0 Å². The zero-order chi connectivity index (χ0) is 11.8. The highest BCUT2D eigenvalue weighted by molar-refractivity contribution is 5.33. The molecule has 0 aromatic heterocycles. The van der Waals surface area contributed by atoms with Crippen molar-refractivity contribution in [3.05, 3.63) is 35.4 Å². The summed E-state index contributed by atoms with van der Waals surface area (Å²) in [6, 6.07) is 5.66. The fourth-order valence-electron chi connectivity index (χ4n) is 2.21. The van der Waals surface area contributed by atoms with Crippen molar-refractivity contribution in [2.45, 2.75) is 25.6 Å². The van der Waals surface area contributed by atoms with Crippen LogP contribution >= 0.6 is 0 Å². The molecule has 0 amide bonds. The number of hydrogen-bond donors (Lipinski definition) is 1. The van der Waals surface area contributed by atoms with Crippen molar-refractivity contribution >= 4 is 0 Å². The summed E-state index contributed by atoms with van der Waals surface area (Å²) in [5.41, 5.74) is -0.138. The molecule has 16 heavy (non-hydrogen) atoms. The van der Waals surface area contributed by atoms with Gasteiger partial charge in [0, 0.05) is 6.04 Å². The summed E-state index contributed by atoms with van der Waals surface area (Å²) < 4.78 is 38.3. The molecular weight excluding hydrogens is 215 g/mol. The van der Waals surface area contributed by atoms with Crippen LogP contribution in [0.3, 0.4) is 0 Å². The van der Waals surface area contributed by atoms with Gasteiger partial charge in [0.2, 0.25) is 0 Å². The van der Waals surface area contributed by atoms with Crippen LogP contribution < -0.4 is 5.32 Å². The van der Waals surface area contributed by atoms with E-state index in [1.807, 2.05) is 6.92 Å². The van der Waals surface area contributed by atoms with E-state index in [0.29, 0.717) is 11.5 Å². The van der Waals surface area contributed by atoms with Crippen LogP contribution in [0.4, 0.5) is 13.2 Å². The summed E-state index contributed by atoms with van der Waals surface area (Å²) in [6.07, 6.45) is -3.49. The first-order valence-corrected chi connectivity index (χ1v) is 5.38. The molecule has 1 heterocycles. The minimum atomic E-state index is -4.26. The van der Waals surface area contributed by atoms with Crippen molar-refractivity contribution in [2.75, 3.05) is 6.54 Å². The molecule has 1 aromatic rings. The van der Waals surface area contributed by atoms with Crippen LogP contribution in [0.5, 0.6) is 0 Å². The van der Waals surface area contributed by atoms with E-state index in [1.54, 1.807) is 12.1 Å². The smallest absolute Gasteiger partial charge is 0.310 e. The van der Waals surface area contributed by atoms with E-state index >= 15 is 0 Å². The second kappa shape index (κ2) is 4.09. The number of benzene rings is 1. The van der Waals surface area contributed by atoms with Crippen LogP contribution in [0, 0.1) is 5.92 Å². The number of rotatable bonds is 1. The van der Waals surface area contributed by atoms with Crippen LogP contribution in [0.25, 0.3) is 0 Å². The van der Waals surface area contributed by atoms with Crippen molar-refractivity contribution in [3.63, 3.8) is 0 Å². The molecule has 0 unspecified atom stereocenters. The quantitative estimate of drug-likeness (QED) is 0.778. The van der Waals surface area contributed by atoms with E-state index in [4.69, 9.17) is 0 Å². The van der Waals surface area contributed by atoms with Gasteiger partial charge < -0.3 is 5.32 Å². The normalized spacial score (nSPS) is 26.0. The Morgan fingerprint density at radius 1 is 1.25 bits per heavy atom. The topological polar surface area (TPSA) is 12.0 Å². The van der Waals surface area contributed by atoms with Crippen molar-refractivity contribution in [3.8, 4) is 0 Å². The van der Waals surface area contributed by atoms with E-state index in [1.165, 1.54) is 6.07 Å². The third-order valence-corrected chi connectivity index (χ3v) is 2.99. The molecule has 4 heteroatoms. The third-order valence-electron chi connectivity index (χ3n) is 2.99. The summed E-state index contributed by atoms with van der Waals surface area (Å²) >= 11 is 0. The minimum Gasteiger partial charge on any atom is -0.310 e. The Kier molecular flexibility index (Phi) is 2.93. The second-order valence-electron chi connectivity index (χ2n) is 4.39. The lowest BCUT2D eigenvalue weighted by molar-refractivity contribution is -0.138. The molecule has 1 N–H and O–H groups in total. The SMILES string of the molecule is C[C@@H]1CN[C@H](c2ccccc2C(F)(F)F)C1. The largest absolute Gasteiger partial charge is 0.416 e. The number of hydrogen-bond acceptors (Lipinski definition) is 1. The van der Waals surface area contributed by atoms with Crippen LogP contribution in [0.2, 0.25) is 0 Å². The molecule has 0 spiro atoms. The Bertz CT molecular complexity index is 373. The Morgan fingerprint density at radius 3 is 2.50 bits per heavy atom. The van der Waals surface area contributed by atoms with Crippen molar-refractivity contribution in [2.24, 2.45) is 5.92 Å². The van der Waals surface area contributed by atoms with Crippen LogP contribution in [0.15, 0.2) is 24.3 Å². The molecule has 0 radical (unpaired) electrons. The Morgan fingerprint density at radius 2 is 1.94 bits per heavy atom. The lowest BCUT2D eigenvalue weighted by Crippen LogP contribution is -2.18. The average molecular weight is 229 g/mol. The third kappa shape index (κ3) is 2.21. The molecule has 2 atom stereocenters. The van der Waals surface area contributed by atoms with Crippen molar-refractivity contribution in [1.82, 2.24) is 5.32 Å². The maximum atomic E-state index is 12.8. The summed E-state index contributed by atoms with van der Waals surface area (Å²) in [6.45, 7) is 2.83. The summed E-state index contributed by atoms with van der Waals surface area (Å²) in [5, 5.41) is 3.14. The molecule has 1 aromatic carbocycles. The van der Waals surface area contributed by atoms with E-state index in [9.17, 15) is 13.2 Å². The lowest BCUT2D eigenvalue weighted by atomic mass is 9.96. The predicted octanol–water partition coefficient (Wildman–Crippen LogP) is 3.38. The van der Waals surface area contributed by atoms with Crippen LogP contribution in [0.1, 0.15) is 30.5 Å². The van der Waals surface area contributed by atoms with Gasteiger partial charge in [0.05, 0.1) is 5.56 Å². The molecule has 0 aliphatic carbocycles. The van der Waals surface area contributed by atoms with Gasteiger partial charge >= 0.3 is 6.18 Å². The second-order valence-corrected chi connectivity index (χ2v) is 4.39. The Labute approximate surface area is 92.7 Å². The van der Waals surface area contributed by atoms with Gasteiger partial charge in [-0.15, -0.1) is 0 Å². The van der Waals surface area contributed by atoms with Crippen molar-refractivity contribution < 1.29 is 13.2 Å². The molecule has 2 rings (SSSR count). The average Bonchev–Trinajstić information content (AvgIpc) is 2.64. The molecule has 1 nitrogen and oxygen atoms in total. The zero-order valence-corrected chi connectivity index (χ0v) is 9.01. The summed E-state index contributed by atoms with van der Waals surface area (Å²) in [7, 11) is 0. The number of halogens is 3. The number of nitrogens with one attached hydrogen (secondary N) is 1. The summed E-state index contributed by atoms with van der Waals surface area (Å²) in [4.78, 5) is 0. The maximum Gasteiger partial charge on any atom is 0.416 e. The monoisotopic (exact) mass is 229 g/mol. The summed E-state index contributed by atoms with van der Waals surface area (Å²) in [5.74, 6) is 0.436. The van der Waals surface area contributed by atoms with E-state index < -0.39 is 11.7 Å². The fourth-order valence-corrected chi connectivity index (χ4v) is 2.21. The molecule has 1 aliphatic heterocycles. The van der Waals surface area contributed by atoms with E-state index in [0.717, 1.165) is 19.0 Å². The van der Waals surface area contributed by atoms with Gasteiger partial charge in [0.1, 0.15) is 0 Å². The van der Waals surface area contributed by atoms with Gasteiger partial charge in [-0.25, -0.2) is 0 Å². The first-order valence-electron chi connectivity index (χ1n) is 5.38. The van der Waals surface area contributed by atoms with E-state index in [2.05, 4.69) is 5.32 Å². The van der Waals surface area contributed by atoms with Crippen LogP contribution in [-0.4, -0.2) is 6.54 Å². The number of alkyl halides is 3. The molecule has 1 fully saturated rings. The Balaban J connectivity index is 2.34. The van der Waals surface area contributed by atoms with Gasteiger partial charge in [0.15, 0.2) is 0 Å². The first kappa shape index (κ1) is 11.5. The molecule has 88 valence electrons. The highest BCUT2D eigenvalue weighted by Crippen LogP contribution is 2.37. The first-order chi connectivity index (χ1) is 7.48. The fraction of sp³-hybridized carbons (Fsp3) is 0.500. The molecule has 0 saturated carbocycles. The van der Waals surface area contributed by atoms with Gasteiger partial charge in [0.25, 0.3) is 0 Å². The maximum absolute atomic E-state index is 12.8. The van der Waals surface area contributed by atoms with Gasteiger partial charge in [-0.05, 0) is 30.5 Å². The highest BCUT2D eigenvalue weighted by Gasteiger charge is 2.36.